The third kappa shape index (κ3) is 2.79. The number of rotatable bonds is 3. The van der Waals surface area contributed by atoms with Crippen molar-refractivity contribution in [1.82, 2.24) is 19.9 Å². The van der Waals surface area contributed by atoms with Crippen molar-refractivity contribution in [2.75, 3.05) is 36.0 Å². The predicted molar refractivity (Wildman–Crippen MR) is 101 cm³/mol. The highest BCUT2D eigenvalue weighted by Crippen LogP contribution is 2.38. The molecule has 1 N–H and O–H groups in total. The summed E-state index contributed by atoms with van der Waals surface area (Å²) < 4.78 is 0. The van der Waals surface area contributed by atoms with Crippen LogP contribution in [-0.4, -0.2) is 46.1 Å². The topological polar surface area (TPSA) is 78.0 Å². The van der Waals surface area contributed by atoms with Gasteiger partial charge in [-0.2, -0.15) is 0 Å². The molecule has 1 saturated carbocycles. The predicted octanol–water partition coefficient (Wildman–Crippen LogP) is 1.92. The Labute approximate surface area is 150 Å². The molecule has 132 valence electrons. The van der Waals surface area contributed by atoms with E-state index in [2.05, 4.69) is 30.8 Å². The van der Waals surface area contributed by atoms with Crippen LogP contribution in [0.15, 0.2) is 41.5 Å². The first-order valence-electron chi connectivity index (χ1n) is 9.09. The Balaban J connectivity index is 1.37. The average Bonchev–Trinajstić information content (AvgIpc) is 3.53. The first-order chi connectivity index (χ1) is 12.8. The summed E-state index contributed by atoms with van der Waals surface area (Å²) in [6, 6.07) is 9.73. The average molecular weight is 348 g/mol. The number of anilines is 2. The molecule has 1 aromatic carbocycles. The van der Waals surface area contributed by atoms with E-state index in [1.54, 1.807) is 12.4 Å². The minimum atomic E-state index is -0.0545. The molecule has 5 rings (SSSR count). The highest BCUT2D eigenvalue weighted by Gasteiger charge is 2.27. The molecule has 0 bridgehead atoms. The number of piperazine rings is 1. The summed E-state index contributed by atoms with van der Waals surface area (Å²) in [4.78, 5) is 32.9. The van der Waals surface area contributed by atoms with Gasteiger partial charge >= 0.3 is 0 Å². The highest BCUT2D eigenvalue weighted by atomic mass is 16.1. The maximum Gasteiger partial charge on any atom is 0.252 e. The van der Waals surface area contributed by atoms with Crippen molar-refractivity contribution in [2.45, 2.75) is 18.8 Å². The minimum Gasteiger partial charge on any atom is -0.352 e. The number of hydrogen-bond acceptors (Lipinski definition) is 6. The minimum absolute atomic E-state index is 0.0545. The zero-order valence-corrected chi connectivity index (χ0v) is 14.4. The second-order valence-electron chi connectivity index (χ2n) is 6.96. The van der Waals surface area contributed by atoms with Gasteiger partial charge < -0.3 is 9.80 Å². The first kappa shape index (κ1) is 15.3. The highest BCUT2D eigenvalue weighted by molar-refractivity contribution is 5.89. The smallest absolute Gasteiger partial charge is 0.252 e. The molecule has 0 unspecified atom stereocenters. The largest absolute Gasteiger partial charge is 0.352 e. The number of nitrogens with zero attached hydrogens (tertiary/aromatic N) is 5. The summed E-state index contributed by atoms with van der Waals surface area (Å²) in [7, 11) is 0. The molecule has 1 aliphatic heterocycles. The van der Waals surface area contributed by atoms with Gasteiger partial charge in [0.15, 0.2) is 0 Å². The number of para-hydroxylation sites is 1. The van der Waals surface area contributed by atoms with Crippen LogP contribution >= 0.6 is 0 Å². The molecule has 26 heavy (non-hydrogen) atoms. The molecule has 0 spiro atoms. The summed E-state index contributed by atoms with van der Waals surface area (Å²) in [6.45, 7) is 3.27. The van der Waals surface area contributed by atoms with Crippen LogP contribution in [0.25, 0.3) is 10.9 Å². The molecule has 0 radical (unpaired) electrons. The summed E-state index contributed by atoms with van der Waals surface area (Å²) in [6.07, 6.45) is 3.91. The lowest BCUT2D eigenvalue weighted by atomic mass is 10.2. The van der Waals surface area contributed by atoms with Crippen molar-refractivity contribution < 1.29 is 0 Å². The zero-order chi connectivity index (χ0) is 17.5. The van der Waals surface area contributed by atoms with Crippen molar-refractivity contribution in [3.05, 3.63) is 52.7 Å². The third-order valence-electron chi connectivity index (χ3n) is 5.15. The van der Waals surface area contributed by atoms with E-state index in [0.29, 0.717) is 11.9 Å². The summed E-state index contributed by atoms with van der Waals surface area (Å²) in [5.74, 6) is 2.15. The summed E-state index contributed by atoms with van der Waals surface area (Å²) in [5, 5.41) is 1.07. The maximum atomic E-state index is 12.0. The van der Waals surface area contributed by atoms with E-state index in [1.165, 1.54) is 0 Å². The number of aromatic nitrogens is 4. The molecule has 1 saturated heterocycles. The van der Waals surface area contributed by atoms with Crippen molar-refractivity contribution in [2.24, 2.45) is 0 Å². The fourth-order valence-corrected chi connectivity index (χ4v) is 3.57. The summed E-state index contributed by atoms with van der Waals surface area (Å²) in [5.41, 5.74) is 1.84. The molecule has 2 aromatic heterocycles. The molecular weight excluding hydrogens is 328 g/mol. The normalized spacial score (nSPS) is 17.7. The molecule has 7 heteroatoms. The molecule has 2 fully saturated rings. The summed E-state index contributed by atoms with van der Waals surface area (Å²) >= 11 is 0. The van der Waals surface area contributed by atoms with Crippen LogP contribution in [0.5, 0.6) is 0 Å². The van der Waals surface area contributed by atoms with Gasteiger partial charge in [0.1, 0.15) is 12.1 Å². The van der Waals surface area contributed by atoms with Crippen LogP contribution in [0, 0.1) is 0 Å². The Morgan fingerprint density at radius 3 is 2.58 bits per heavy atom. The molecule has 0 atom stereocenters. The fourth-order valence-electron chi connectivity index (χ4n) is 3.57. The number of fused-ring (bicyclic) bond motifs is 1. The van der Waals surface area contributed by atoms with Crippen LogP contribution < -0.4 is 15.4 Å². The van der Waals surface area contributed by atoms with Gasteiger partial charge in [0.05, 0.1) is 11.2 Å². The number of aromatic amines is 1. The van der Waals surface area contributed by atoms with E-state index >= 15 is 0 Å². The molecule has 3 heterocycles. The van der Waals surface area contributed by atoms with Gasteiger partial charge in [0.2, 0.25) is 5.95 Å². The lowest BCUT2D eigenvalue weighted by Gasteiger charge is -2.36. The fraction of sp³-hybridized carbons (Fsp3) is 0.368. The Hall–Kier alpha value is -2.96. The van der Waals surface area contributed by atoms with Gasteiger partial charge in [-0.05, 0) is 25.0 Å². The van der Waals surface area contributed by atoms with Gasteiger partial charge in [-0.15, -0.1) is 0 Å². The molecule has 0 amide bonds. The Morgan fingerprint density at radius 1 is 1.00 bits per heavy atom. The zero-order valence-electron chi connectivity index (χ0n) is 14.4. The standard InChI is InChI=1S/C19H20N6O/c26-17-11-16(13-5-6-13)22-19(23-17)25-9-7-24(8-10-25)18-14-3-1-2-4-15(14)20-12-21-18/h1-4,11-13H,5-10H2,(H,22,23,26). The van der Waals surface area contributed by atoms with Crippen LogP contribution in [0.4, 0.5) is 11.8 Å². The first-order valence-corrected chi connectivity index (χ1v) is 9.09. The van der Waals surface area contributed by atoms with Gasteiger partial charge in [0.25, 0.3) is 5.56 Å². The molecule has 2 aliphatic rings. The van der Waals surface area contributed by atoms with Gasteiger partial charge in [-0.25, -0.2) is 15.0 Å². The van der Waals surface area contributed by atoms with Crippen molar-refractivity contribution in [3.8, 4) is 0 Å². The number of hydrogen-bond donors (Lipinski definition) is 1. The van der Waals surface area contributed by atoms with Gasteiger partial charge in [-0.1, -0.05) is 12.1 Å². The monoisotopic (exact) mass is 348 g/mol. The molecular formula is C19H20N6O. The van der Waals surface area contributed by atoms with Gasteiger partial charge in [0, 0.05) is 43.5 Å². The molecule has 7 nitrogen and oxygen atoms in total. The van der Waals surface area contributed by atoms with E-state index in [1.807, 2.05) is 18.2 Å². The van der Waals surface area contributed by atoms with Crippen molar-refractivity contribution in [3.63, 3.8) is 0 Å². The quantitative estimate of drug-likeness (QED) is 0.779. The van der Waals surface area contributed by atoms with E-state index in [4.69, 9.17) is 4.98 Å². The second kappa shape index (κ2) is 6.09. The molecule has 3 aromatic rings. The van der Waals surface area contributed by atoms with Crippen molar-refractivity contribution in [1.29, 1.82) is 0 Å². The van der Waals surface area contributed by atoms with E-state index in [9.17, 15) is 4.79 Å². The van der Waals surface area contributed by atoms with E-state index < -0.39 is 0 Å². The Morgan fingerprint density at radius 2 is 1.77 bits per heavy atom. The van der Waals surface area contributed by atoms with E-state index in [-0.39, 0.29) is 5.56 Å². The number of H-pyrrole nitrogens is 1. The Bertz CT molecular complexity index is 999. The van der Waals surface area contributed by atoms with Gasteiger partial charge in [-0.3, -0.25) is 9.78 Å². The van der Waals surface area contributed by atoms with Crippen LogP contribution in [0.2, 0.25) is 0 Å². The number of benzene rings is 1. The lowest BCUT2D eigenvalue weighted by Crippen LogP contribution is -2.47. The van der Waals surface area contributed by atoms with Crippen LogP contribution in [0.1, 0.15) is 24.5 Å². The molecule has 1 aliphatic carbocycles. The van der Waals surface area contributed by atoms with E-state index in [0.717, 1.165) is 61.4 Å². The van der Waals surface area contributed by atoms with Crippen LogP contribution in [-0.2, 0) is 0 Å². The lowest BCUT2D eigenvalue weighted by molar-refractivity contribution is 0.633. The van der Waals surface area contributed by atoms with Crippen LogP contribution in [0.3, 0.4) is 0 Å². The SMILES string of the molecule is O=c1cc(C2CC2)nc(N2CCN(c3ncnc4ccccc34)CC2)[nH]1. The van der Waals surface area contributed by atoms with Crippen molar-refractivity contribution >= 4 is 22.7 Å². The maximum absolute atomic E-state index is 12.0. The number of nitrogens with one attached hydrogen (secondary N) is 1. The second-order valence-corrected chi connectivity index (χ2v) is 6.96. The Kier molecular flexibility index (Phi) is 3.58. The third-order valence-corrected chi connectivity index (χ3v) is 5.15.